The molecule has 150 valence electrons. The van der Waals surface area contributed by atoms with Crippen LogP contribution in [0.15, 0.2) is 42.5 Å². The molecule has 0 spiro atoms. The predicted octanol–water partition coefficient (Wildman–Crippen LogP) is 3.28. The standard InChI is InChI=1S/C22H28N2O4/c1-26-18-12-17(21(25)24-22(15-23)10-6-7-11-22)13-19(27-2)20(18)28-14-16-8-4-3-5-9-16/h3-5,8-9,12-13H,6-7,10-11,14-15,23H2,1-2H3,(H,24,25). The molecule has 3 N–H and O–H groups in total. The van der Waals surface area contributed by atoms with Crippen LogP contribution in [0.5, 0.6) is 17.2 Å². The van der Waals surface area contributed by atoms with Crippen molar-refractivity contribution in [3.05, 3.63) is 53.6 Å². The first kappa shape index (κ1) is 20.0. The van der Waals surface area contributed by atoms with Gasteiger partial charge in [-0.25, -0.2) is 0 Å². The fraction of sp³-hybridized carbons (Fsp3) is 0.409. The third-order valence-corrected chi connectivity index (χ3v) is 5.28. The molecular weight excluding hydrogens is 356 g/mol. The van der Waals surface area contributed by atoms with Crippen LogP contribution in [0.4, 0.5) is 0 Å². The van der Waals surface area contributed by atoms with E-state index in [0.717, 1.165) is 31.2 Å². The highest BCUT2D eigenvalue weighted by atomic mass is 16.5. The van der Waals surface area contributed by atoms with Gasteiger partial charge in [0, 0.05) is 12.1 Å². The first-order valence-corrected chi connectivity index (χ1v) is 9.56. The molecule has 1 amide bonds. The van der Waals surface area contributed by atoms with Crippen LogP contribution in [0.1, 0.15) is 41.6 Å². The number of nitrogens with one attached hydrogen (secondary N) is 1. The third kappa shape index (κ3) is 4.39. The number of methoxy groups -OCH3 is 2. The molecule has 1 fully saturated rings. The Morgan fingerprint density at radius 3 is 2.21 bits per heavy atom. The van der Waals surface area contributed by atoms with Gasteiger partial charge < -0.3 is 25.3 Å². The Morgan fingerprint density at radius 2 is 1.68 bits per heavy atom. The summed E-state index contributed by atoms with van der Waals surface area (Å²) in [5.41, 5.74) is 7.11. The zero-order valence-electron chi connectivity index (χ0n) is 16.5. The van der Waals surface area contributed by atoms with E-state index in [1.807, 2.05) is 30.3 Å². The minimum absolute atomic E-state index is 0.182. The van der Waals surface area contributed by atoms with Crippen LogP contribution in [0.2, 0.25) is 0 Å². The highest BCUT2D eigenvalue weighted by Crippen LogP contribution is 2.39. The van der Waals surface area contributed by atoms with Crippen LogP contribution in [0.25, 0.3) is 0 Å². The van der Waals surface area contributed by atoms with Crippen molar-refractivity contribution in [2.45, 2.75) is 37.8 Å². The Hall–Kier alpha value is -2.73. The van der Waals surface area contributed by atoms with Gasteiger partial charge in [-0.05, 0) is 30.5 Å². The topological polar surface area (TPSA) is 82.8 Å². The molecule has 0 heterocycles. The van der Waals surface area contributed by atoms with E-state index in [1.165, 1.54) is 0 Å². The molecule has 28 heavy (non-hydrogen) atoms. The molecule has 0 saturated heterocycles. The molecule has 0 aliphatic heterocycles. The second-order valence-corrected chi connectivity index (χ2v) is 7.13. The summed E-state index contributed by atoms with van der Waals surface area (Å²) in [7, 11) is 3.09. The molecule has 1 aliphatic carbocycles. The van der Waals surface area contributed by atoms with Gasteiger partial charge >= 0.3 is 0 Å². The van der Waals surface area contributed by atoms with Gasteiger partial charge in [-0.15, -0.1) is 0 Å². The lowest BCUT2D eigenvalue weighted by atomic mass is 9.97. The van der Waals surface area contributed by atoms with Gasteiger partial charge in [-0.2, -0.15) is 0 Å². The highest BCUT2D eigenvalue weighted by molar-refractivity contribution is 5.96. The Morgan fingerprint density at radius 1 is 1.07 bits per heavy atom. The number of benzene rings is 2. The zero-order chi connectivity index (χ0) is 20.0. The second kappa shape index (κ2) is 8.97. The van der Waals surface area contributed by atoms with Crippen molar-refractivity contribution in [1.29, 1.82) is 0 Å². The van der Waals surface area contributed by atoms with Gasteiger partial charge in [0.25, 0.3) is 5.91 Å². The van der Waals surface area contributed by atoms with E-state index in [-0.39, 0.29) is 11.4 Å². The molecule has 0 bridgehead atoms. The smallest absolute Gasteiger partial charge is 0.252 e. The Bertz CT molecular complexity index is 776. The maximum absolute atomic E-state index is 12.9. The lowest BCUT2D eigenvalue weighted by molar-refractivity contribution is 0.0902. The number of ether oxygens (including phenoxy) is 3. The maximum Gasteiger partial charge on any atom is 0.252 e. The number of nitrogens with two attached hydrogens (primary N) is 1. The van der Waals surface area contributed by atoms with E-state index in [0.29, 0.717) is 36.0 Å². The van der Waals surface area contributed by atoms with Crippen molar-refractivity contribution in [3.63, 3.8) is 0 Å². The van der Waals surface area contributed by atoms with Gasteiger partial charge in [0.05, 0.1) is 19.8 Å². The van der Waals surface area contributed by atoms with E-state index in [9.17, 15) is 4.79 Å². The summed E-state index contributed by atoms with van der Waals surface area (Å²) in [6, 6.07) is 13.2. The van der Waals surface area contributed by atoms with Crippen molar-refractivity contribution < 1.29 is 19.0 Å². The molecule has 0 aromatic heterocycles. The van der Waals surface area contributed by atoms with Gasteiger partial charge in [-0.3, -0.25) is 4.79 Å². The molecule has 1 aliphatic rings. The average Bonchev–Trinajstić information content (AvgIpc) is 3.21. The summed E-state index contributed by atoms with van der Waals surface area (Å²) in [5, 5.41) is 3.12. The Balaban J connectivity index is 1.82. The first-order valence-electron chi connectivity index (χ1n) is 9.56. The Labute approximate surface area is 166 Å². The number of carbonyl (C=O) groups excluding carboxylic acids is 1. The minimum Gasteiger partial charge on any atom is -0.493 e. The zero-order valence-corrected chi connectivity index (χ0v) is 16.5. The minimum atomic E-state index is -0.319. The molecule has 2 aromatic carbocycles. The van der Waals surface area contributed by atoms with Crippen molar-refractivity contribution in [1.82, 2.24) is 5.32 Å². The van der Waals surface area contributed by atoms with Crippen LogP contribution in [0.3, 0.4) is 0 Å². The number of rotatable bonds is 8. The van der Waals surface area contributed by atoms with Gasteiger partial charge in [0.15, 0.2) is 11.5 Å². The molecule has 6 nitrogen and oxygen atoms in total. The predicted molar refractivity (Wildman–Crippen MR) is 108 cm³/mol. The molecule has 0 atom stereocenters. The lowest BCUT2D eigenvalue weighted by Crippen LogP contribution is -2.51. The van der Waals surface area contributed by atoms with Crippen molar-refractivity contribution in [2.75, 3.05) is 20.8 Å². The molecule has 3 rings (SSSR count). The van der Waals surface area contributed by atoms with E-state index >= 15 is 0 Å². The number of carbonyl (C=O) groups is 1. The van der Waals surface area contributed by atoms with E-state index < -0.39 is 0 Å². The summed E-state index contributed by atoms with van der Waals surface area (Å²) in [6.07, 6.45) is 3.97. The molecule has 0 radical (unpaired) electrons. The first-order chi connectivity index (χ1) is 13.6. The summed E-state index contributed by atoms with van der Waals surface area (Å²) in [4.78, 5) is 12.9. The molecule has 2 aromatic rings. The van der Waals surface area contributed by atoms with Crippen LogP contribution >= 0.6 is 0 Å². The lowest BCUT2D eigenvalue weighted by Gasteiger charge is -2.29. The van der Waals surface area contributed by atoms with Gasteiger partial charge in [0.1, 0.15) is 6.61 Å². The number of amides is 1. The van der Waals surface area contributed by atoms with Crippen LogP contribution in [-0.4, -0.2) is 32.2 Å². The fourth-order valence-corrected chi connectivity index (χ4v) is 3.63. The van der Waals surface area contributed by atoms with Crippen LogP contribution in [-0.2, 0) is 6.61 Å². The van der Waals surface area contributed by atoms with E-state index in [4.69, 9.17) is 19.9 Å². The van der Waals surface area contributed by atoms with Crippen molar-refractivity contribution in [2.24, 2.45) is 5.73 Å². The highest BCUT2D eigenvalue weighted by Gasteiger charge is 2.34. The van der Waals surface area contributed by atoms with E-state index in [1.54, 1.807) is 26.4 Å². The van der Waals surface area contributed by atoms with Crippen molar-refractivity contribution in [3.8, 4) is 17.2 Å². The summed E-state index contributed by atoms with van der Waals surface area (Å²) < 4.78 is 16.9. The molecular formula is C22H28N2O4. The monoisotopic (exact) mass is 384 g/mol. The average molecular weight is 384 g/mol. The quantitative estimate of drug-likeness (QED) is 0.730. The maximum atomic E-state index is 12.9. The third-order valence-electron chi connectivity index (χ3n) is 5.28. The SMILES string of the molecule is COc1cc(C(=O)NC2(CN)CCCC2)cc(OC)c1OCc1ccccc1. The number of hydrogen-bond donors (Lipinski definition) is 2. The summed E-state index contributed by atoms with van der Waals surface area (Å²) >= 11 is 0. The summed E-state index contributed by atoms with van der Waals surface area (Å²) in [6.45, 7) is 0.806. The van der Waals surface area contributed by atoms with Crippen molar-refractivity contribution >= 4 is 5.91 Å². The van der Waals surface area contributed by atoms with Crippen LogP contribution < -0.4 is 25.3 Å². The second-order valence-electron chi connectivity index (χ2n) is 7.13. The molecule has 1 saturated carbocycles. The molecule has 6 heteroatoms. The van der Waals surface area contributed by atoms with Gasteiger partial charge in [0.2, 0.25) is 5.75 Å². The normalized spacial score (nSPS) is 15.1. The molecule has 0 unspecified atom stereocenters. The fourth-order valence-electron chi connectivity index (χ4n) is 3.63. The van der Waals surface area contributed by atoms with E-state index in [2.05, 4.69) is 5.32 Å². The number of hydrogen-bond acceptors (Lipinski definition) is 5. The Kier molecular flexibility index (Phi) is 6.41. The largest absolute Gasteiger partial charge is 0.493 e. The van der Waals surface area contributed by atoms with Crippen LogP contribution in [0, 0.1) is 0 Å². The van der Waals surface area contributed by atoms with Gasteiger partial charge in [-0.1, -0.05) is 43.2 Å². The summed E-state index contributed by atoms with van der Waals surface area (Å²) in [5.74, 6) is 1.20.